The minimum atomic E-state index is 0.248. The molecule has 0 aliphatic heterocycles. The highest BCUT2D eigenvalue weighted by molar-refractivity contribution is 7.80. The Morgan fingerprint density at radius 2 is 2.00 bits per heavy atom. The van der Waals surface area contributed by atoms with Crippen molar-refractivity contribution in [1.82, 2.24) is 15.3 Å². The van der Waals surface area contributed by atoms with E-state index in [1.165, 1.54) is 0 Å². The number of hydrogen-bond acceptors (Lipinski definition) is 4. The van der Waals surface area contributed by atoms with E-state index < -0.39 is 0 Å². The van der Waals surface area contributed by atoms with E-state index in [0.29, 0.717) is 0 Å². The largest absolute Gasteiger partial charge is 0.308 e. The Bertz CT molecular complexity index is 97.7. The minimum absolute atomic E-state index is 0.248. The van der Waals surface area contributed by atoms with Crippen LogP contribution in [0.3, 0.4) is 0 Å². The second kappa shape index (κ2) is 5.83. The van der Waals surface area contributed by atoms with E-state index in [9.17, 15) is 0 Å². The lowest BCUT2D eigenvalue weighted by molar-refractivity contribution is 0.0301. The van der Waals surface area contributed by atoms with Crippen LogP contribution in [0.15, 0.2) is 0 Å². The van der Waals surface area contributed by atoms with Gasteiger partial charge in [-0.2, -0.15) is 12.6 Å². The van der Waals surface area contributed by atoms with Gasteiger partial charge in [-0.15, -0.1) is 0 Å². The smallest absolute Gasteiger partial charge is 0.0643 e. The van der Waals surface area contributed by atoms with Crippen LogP contribution in [0.2, 0.25) is 0 Å². The molecular weight excluding hydrogens is 158 g/mol. The van der Waals surface area contributed by atoms with E-state index in [1.54, 1.807) is 0 Å². The first-order valence-electron chi connectivity index (χ1n) is 3.89. The summed E-state index contributed by atoms with van der Waals surface area (Å²) in [5.74, 6) is 0. The van der Waals surface area contributed by atoms with Crippen molar-refractivity contribution in [3.63, 3.8) is 0 Å². The number of nitrogens with zero attached hydrogens (tertiary/aromatic N) is 2. The molecule has 3 nitrogen and oxygen atoms in total. The van der Waals surface area contributed by atoms with Crippen molar-refractivity contribution in [3.05, 3.63) is 0 Å². The van der Waals surface area contributed by atoms with E-state index in [4.69, 9.17) is 0 Å². The number of hydrogen-bond donors (Lipinski definition) is 2. The van der Waals surface area contributed by atoms with Gasteiger partial charge in [-0.1, -0.05) is 6.92 Å². The lowest BCUT2D eigenvalue weighted by Gasteiger charge is -2.29. The van der Waals surface area contributed by atoms with Crippen LogP contribution >= 0.6 is 12.6 Å². The van der Waals surface area contributed by atoms with Crippen molar-refractivity contribution >= 4 is 12.6 Å². The van der Waals surface area contributed by atoms with Crippen LogP contribution < -0.4 is 5.32 Å². The summed E-state index contributed by atoms with van der Waals surface area (Å²) in [5.41, 5.74) is 0. The van der Waals surface area contributed by atoms with Gasteiger partial charge in [0.1, 0.15) is 0 Å². The molecule has 0 bridgehead atoms. The molecule has 1 atom stereocenters. The van der Waals surface area contributed by atoms with Crippen LogP contribution in [0.5, 0.6) is 0 Å². The highest BCUT2D eigenvalue weighted by atomic mass is 32.1. The van der Waals surface area contributed by atoms with Gasteiger partial charge in [0, 0.05) is 27.2 Å². The summed E-state index contributed by atoms with van der Waals surface area (Å²) in [7, 11) is 6.00. The molecular formula is C7H19N3S. The summed E-state index contributed by atoms with van der Waals surface area (Å²) in [6, 6.07) is 0. The van der Waals surface area contributed by atoms with Crippen molar-refractivity contribution in [1.29, 1.82) is 0 Å². The molecule has 0 spiro atoms. The highest BCUT2D eigenvalue weighted by Gasteiger charge is 2.08. The van der Waals surface area contributed by atoms with Gasteiger partial charge in [0.25, 0.3) is 0 Å². The van der Waals surface area contributed by atoms with E-state index in [0.717, 1.165) is 13.1 Å². The maximum absolute atomic E-state index is 4.34. The summed E-state index contributed by atoms with van der Waals surface area (Å²) < 4.78 is 0. The molecule has 0 rings (SSSR count). The number of nitrogens with one attached hydrogen (secondary N) is 1. The third kappa shape index (κ3) is 4.63. The van der Waals surface area contributed by atoms with Gasteiger partial charge in [-0.3, -0.25) is 0 Å². The molecule has 0 radical (unpaired) electrons. The van der Waals surface area contributed by atoms with Crippen molar-refractivity contribution in [2.45, 2.75) is 12.3 Å². The number of likely N-dealkylation sites (N-methyl/N-ethyl adjacent to an activating group) is 2. The molecule has 0 aliphatic rings. The average Bonchev–Trinajstić information content (AvgIpc) is 1.99. The summed E-state index contributed by atoms with van der Waals surface area (Å²) in [4.78, 5) is 0. The van der Waals surface area contributed by atoms with Gasteiger partial charge in [0.15, 0.2) is 0 Å². The Hall–Kier alpha value is 0.230. The topological polar surface area (TPSA) is 18.5 Å². The standard InChI is InChI=1S/C7H19N3S/c1-5-10(9(3)4)6-7(11)8-2/h7-8,11H,5-6H2,1-4H3. The molecule has 0 aromatic carbocycles. The van der Waals surface area contributed by atoms with Gasteiger partial charge >= 0.3 is 0 Å². The van der Waals surface area contributed by atoms with Crippen LogP contribution in [0.25, 0.3) is 0 Å². The van der Waals surface area contributed by atoms with Crippen LogP contribution in [-0.2, 0) is 0 Å². The Morgan fingerprint density at radius 3 is 2.27 bits per heavy atom. The third-order valence-electron chi connectivity index (χ3n) is 1.65. The predicted octanol–water partition coefficient (Wildman–Crippen LogP) is 0.260. The van der Waals surface area contributed by atoms with Crippen molar-refractivity contribution in [2.24, 2.45) is 0 Å². The molecule has 0 aromatic rings. The fourth-order valence-electron chi connectivity index (χ4n) is 0.866. The molecule has 1 N–H and O–H groups in total. The maximum Gasteiger partial charge on any atom is 0.0643 e. The van der Waals surface area contributed by atoms with Crippen molar-refractivity contribution in [2.75, 3.05) is 34.2 Å². The van der Waals surface area contributed by atoms with Crippen LogP contribution in [0, 0.1) is 0 Å². The zero-order valence-corrected chi connectivity index (χ0v) is 8.73. The van der Waals surface area contributed by atoms with Crippen molar-refractivity contribution < 1.29 is 0 Å². The Kier molecular flexibility index (Phi) is 5.95. The van der Waals surface area contributed by atoms with E-state index >= 15 is 0 Å². The van der Waals surface area contributed by atoms with Crippen LogP contribution in [0.4, 0.5) is 0 Å². The van der Waals surface area contributed by atoms with E-state index in [2.05, 4.69) is 34.9 Å². The minimum Gasteiger partial charge on any atom is -0.308 e. The lowest BCUT2D eigenvalue weighted by atomic mass is 10.5. The van der Waals surface area contributed by atoms with E-state index in [1.807, 2.05) is 21.1 Å². The molecule has 0 fully saturated rings. The number of rotatable bonds is 5. The Labute approximate surface area is 75.1 Å². The van der Waals surface area contributed by atoms with Gasteiger partial charge < -0.3 is 5.32 Å². The third-order valence-corrected chi connectivity index (χ3v) is 2.07. The summed E-state index contributed by atoms with van der Waals surface area (Å²) in [6.45, 7) is 4.09. The second-order valence-electron chi connectivity index (χ2n) is 2.66. The number of thiol groups is 1. The predicted molar refractivity (Wildman–Crippen MR) is 52.8 cm³/mol. The van der Waals surface area contributed by atoms with Crippen molar-refractivity contribution in [3.8, 4) is 0 Å². The maximum atomic E-state index is 4.34. The normalized spacial score (nSPS) is 14.5. The monoisotopic (exact) mass is 177 g/mol. The van der Waals surface area contributed by atoms with E-state index in [-0.39, 0.29) is 5.37 Å². The molecule has 11 heavy (non-hydrogen) atoms. The molecule has 4 heteroatoms. The molecule has 1 unspecified atom stereocenters. The molecule has 0 heterocycles. The SMILES string of the molecule is CCN(CC(S)NC)N(C)C. The fraction of sp³-hybridized carbons (Fsp3) is 1.00. The molecule has 0 saturated carbocycles. The zero-order chi connectivity index (χ0) is 8.85. The summed E-state index contributed by atoms with van der Waals surface area (Å²) in [5, 5.41) is 7.63. The first-order valence-corrected chi connectivity index (χ1v) is 4.41. The Balaban J connectivity index is 3.68. The molecule has 0 saturated heterocycles. The summed E-state index contributed by atoms with van der Waals surface area (Å²) >= 11 is 4.34. The molecule has 68 valence electrons. The average molecular weight is 177 g/mol. The second-order valence-corrected chi connectivity index (χ2v) is 3.28. The van der Waals surface area contributed by atoms with Gasteiger partial charge in [-0.25, -0.2) is 10.0 Å². The lowest BCUT2D eigenvalue weighted by Crippen LogP contribution is -2.43. The molecule has 0 aromatic heterocycles. The van der Waals surface area contributed by atoms with Gasteiger partial charge in [-0.05, 0) is 7.05 Å². The van der Waals surface area contributed by atoms with Gasteiger partial charge in [0.2, 0.25) is 0 Å². The van der Waals surface area contributed by atoms with Crippen LogP contribution in [-0.4, -0.2) is 49.6 Å². The first-order chi connectivity index (χ1) is 5.11. The fourth-order valence-corrected chi connectivity index (χ4v) is 1.05. The highest BCUT2D eigenvalue weighted by Crippen LogP contribution is 1.96. The Morgan fingerprint density at radius 1 is 1.45 bits per heavy atom. The number of hydrazine groups is 1. The van der Waals surface area contributed by atoms with Gasteiger partial charge in [0.05, 0.1) is 5.37 Å². The molecule has 0 aliphatic carbocycles. The molecule has 0 amide bonds. The first kappa shape index (κ1) is 11.2. The quantitative estimate of drug-likeness (QED) is 0.357. The van der Waals surface area contributed by atoms with Crippen LogP contribution in [0.1, 0.15) is 6.92 Å². The summed E-state index contributed by atoms with van der Waals surface area (Å²) in [6.07, 6.45) is 0. The zero-order valence-electron chi connectivity index (χ0n) is 7.83.